The second kappa shape index (κ2) is 6.22. The molecule has 0 aliphatic heterocycles. The summed E-state index contributed by atoms with van der Waals surface area (Å²) < 4.78 is 15.2. The standard InChI is InChI=1S/C22H28ClFO5/c1-11-6-13-14-8-16(24)15-7-12(26)4-5-19(15,2)21(14,23)17(27)9-20(13,3)22(11,29)18(28)10-25/h7-8,11,13-14,17,25,27,29H,4-6,9-10H2,1-3H3/t11?,13-,14-,17?,19-,20-,21-,22-/m0/s1. The molecule has 2 unspecified atom stereocenters. The van der Waals surface area contributed by atoms with E-state index in [4.69, 9.17) is 11.6 Å². The third-order valence-electron chi connectivity index (χ3n) is 8.80. The number of hydrogen-bond donors (Lipinski definition) is 3. The summed E-state index contributed by atoms with van der Waals surface area (Å²) in [5.41, 5.74) is -3.60. The second-order valence-corrected chi connectivity index (χ2v) is 10.5. The summed E-state index contributed by atoms with van der Waals surface area (Å²) in [5.74, 6) is -2.82. The molecule has 0 bridgehead atoms. The zero-order valence-corrected chi connectivity index (χ0v) is 17.7. The number of aliphatic hydroxyl groups is 3. The van der Waals surface area contributed by atoms with Crippen LogP contribution in [0.2, 0.25) is 0 Å². The first-order valence-corrected chi connectivity index (χ1v) is 10.6. The molecule has 5 nitrogen and oxygen atoms in total. The Hall–Kier alpha value is -1.08. The molecule has 3 N–H and O–H groups in total. The smallest absolute Gasteiger partial charge is 0.190 e. The van der Waals surface area contributed by atoms with Gasteiger partial charge in [-0.1, -0.05) is 20.8 Å². The Morgan fingerprint density at radius 1 is 1.38 bits per heavy atom. The van der Waals surface area contributed by atoms with Gasteiger partial charge in [0.1, 0.15) is 18.0 Å². The number of carbonyl (C=O) groups excluding carboxylic acids is 2. The number of halogens is 2. The Labute approximate surface area is 174 Å². The Morgan fingerprint density at radius 2 is 2.03 bits per heavy atom. The van der Waals surface area contributed by atoms with Crippen LogP contribution in [0.4, 0.5) is 4.39 Å². The van der Waals surface area contributed by atoms with E-state index in [1.807, 2.05) is 0 Å². The monoisotopic (exact) mass is 426 g/mol. The summed E-state index contributed by atoms with van der Waals surface area (Å²) >= 11 is 7.21. The van der Waals surface area contributed by atoms with E-state index in [1.165, 1.54) is 12.2 Å². The Morgan fingerprint density at radius 3 is 2.66 bits per heavy atom. The lowest BCUT2D eigenvalue weighted by Gasteiger charge is -2.63. The summed E-state index contributed by atoms with van der Waals surface area (Å²) in [5, 5.41) is 32.2. The van der Waals surface area contributed by atoms with Crippen molar-refractivity contribution < 1.29 is 29.3 Å². The van der Waals surface area contributed by atoms with E-state index in [1.54, 1.807) is 20.8 Å². The van der Waals surface area contributed by atoms with E-state index in [0.717, 1.165) is 0 Å². The molecule has 0 amide bonds. The fourth-order valence-electron chi connectivity index (χ4n) is 7.14. The van der Waals surface area contributed by atoms with Gasteiger partial charge in [0.05, 0.1) is 11.0 Å². The summed E-state index contributed by atoms with van der Waals surface area (Å²) in [6.07, 6.45) is 2.58. The van der Waals surface area contributed by atoms with Crippen LogP contribution in [0.5, 0.6) is 0 Å². The number of carbonyl (C=O) groups is 2. The molecule has 29 heavy (non-hydrogen) atoms. The van der Waals surface area contributed by atoms with Crippen molar-refractivity contribution in [2.24, 2.45) is 28.6 Å². The Balaban J connectivity index is 1.91. The molecule has 4 aliphatic rings. The quantitative estimate of drug-likeness (QED) is 0.589. The van der Waals surface area contributed by atoms with Gasteiger partial charge in [-0.2, -0.15) is 0 Å². The third-order valence-corrected chi connectivity index (χ3v) is 9.72. The number of ketones is 2. The highest BCUT2D eigenvalue weighted by Crippen LogP contribution is 2.71. The molecule has 0 aromatic carbocycles. The van der Waals surface area contributed by atoms with E-state index in [2.05, 4.69) is 0 Å². The maximum absolute atomic E-state index is 15.2. The predicted octanol–water partition coefficient (Wildman–Crippen LogP) is 2.46. The minimum Gasteiger partial charge on any atom is -0.391 e. The van der Waals surface area contributed by atoms with E-state index < -0.39 is 57.5 Å². The van der Waals surface area contributed by atoms with E-state index in [0.29, 0.717) is 12.8 Å². The van der Waals surface area contributed by atoms with Crippen molar-refractivity contribution in [1.29, 1.82) is 0 Å². The highest BCUT2D eigenvalue weighted by molar-refractivity contribution is 6.26. The molecule has 7 heteroatoms. The molecular weight excluding hydrogens is 399 g/mol. The molecule has 0 aromatic heterocycles. The van der Waals surface area contributed by atoms with Gasteiger partial charge in [0.15, 0.2) is 11.6 Å². The van der Waals surface area contributed by atoms with Gasteiger partial charge in [-0.3, -0.25) is 9.59 Å². The SMILES string of the molecule is CC1C[C@H]2[C@@H]3C=C(F)C4=CC(=O)CC[C@]4(C)[C@@]3(Cl)C(O)C[C@]2(C)[C@@]1(O)C(=O)CO. The average molecular weight is 427 g/mol. The Kier molecular flexibility index (Phi) is 4.54. The lowest BCUT2D eigenvalue weighted by atomic mass is 9.46. The average Bonchev–Trinajstić information content (AvgIpc) is 2.86. The molecule has 160 valence electrons. The zero-order chi connectivity index (χ0) is 21.6. The number of hydrogen-bond acceptors (Lipinski definition) is 5. The summed E-state index contributed by atoms with van der Waals surface area (Å²) in [6.45, 7) is 4.48. The molecule has 0 spiro atoms. The van der Waals surface area contributed by atoms with Crippen molar-refractivity contribution >= 4 is 23.2 Å². The molecule has 4 aliphatic carbocycles. The van der Waals surface area contributed by atoms with Gasteiger partial charge in [-0.25, -0.2) is 4.39 Å². The van der Waals surface area contributed by atoms with Crippen LogP contribution in [0, 0.1) is 28.6 Å². The van der Waals surface area contributed by atoms with Crippen LogP contribution in [0.15, 0.2) is 23.6 Å². The van der Waals surface area contributed by atoms with Crippen LogP contribution in [-0.4, -0.2) is 50.1 Å². The van der Waals surface area contributed by atoms with Crippen LogP contribution in [-0.2, 0) is 9.59 Å². The lowest BCUT2D eigenvalue weighted by molar-refractivity contribution is -0.176. The van der Waals surface area contributed by atoms with Gasteiger partial charge in [0.2, 0.25) is 0 Å². The van der Waals surface area contributed by atoms with Crippen molar-refractivity contribution in [3.63, 3.8) is 0 Å². The number of aliphatic hydroxyl groups excluding tert-OH is 2. The van der Waals surface area contributed by atoms with Gasteiger partial charge < -0.3 is 15.3 Å². The topological polar surface area (TPSA) is 94.8 Å². The predicted molar refractivity (Wildman–Crippen MR) is 105 cm³/mol. The van der Waals surface area contributed by atoms with E-state index >= 15 is 4.39 Å². The summed E-state index contributed by atoms with van der Waals surface area (Å²) in [7, 11) is 0. The fraction of sp³-hybridized carbons (Fsp3) is 0.727. The lowest BCUT2D eigenvalue weighted by Crippen LogP contribution is -2.68. The number of allylic oxidation sites excluding steroid dienone is 4. The highest BCUT2D eigenvalue weighted by Gasteiger charge is 2.74. The van der Waals surface area contributed by atoms with Crippen molar-refractivity contribution in [2.45, 2.75) is 63.0 Å². The maximum Gasteiger partial charge on any atom is 0.190 e. The largest absolute Gasteiger partial charge is 0.391 e. The number of Topliss-reactive ketones (excluding diaryl/α,β-unsaturated/α-hetero) is 1. The van der Waals surface area contributed by atoms with Crippen LogP contribution in [0.3, 0.4) is 0 Å². The van der Waals surface area contributed by atoms with Crippen LogP contribution >= 0.6 is 11.6 Å². The molecule has 4 rings (SSSR count). The first-order chi connectivity index (χ1) is 13.4. The van der Waals surface area contributed by atoms with Gasteiger partial charge in [-0.15, -0.1) is 11.6 Å². The highest BCUT2D eigenvalue weighted by atomic mass is 35.5. The number of alkyl halides is 1. The normalized spacial score (nSPS) is 51.5. The minimum atomic E-state index is -1.82. The van der Waals surface area contributed by atoms with Crippen molar-refractivity contribution in [2.75, 3.05) is 6.61 Å². The van der Waals surface area contributed by atoms with Gasteiger partial charge in [0.25, 0.3) is 0 Å². The number of rotatable bonds is 2. The van der Waals surface area contributed by atoms with Crippen molar-refractivity contribution in [3.8, 4) is 0 Å². The second-order valence-electron chi connectivity index (χ2n) is 9.89. The third kappa shape index (κ3) is 2.26. The van der Waals surface area contributed by atoms with Gasteiger partial charge in [0, 0.05) is 23.2 Å². The fourth-order valence-corrected chi connectivity index (χ4v) is 7.63. The number of fused-ring (bicyclic) bond motifs is 5. The first-order valence-electron chi connectivity index (χ1n) is 10.2. The maximum atomic E-state index is 15.2. The molecule has 8 atom stereocenters. The van der Waals surface area contributed by atoms with E-state index in [-0.39, 0.29) is 30.1 Å². The molecule has 0 heterocycles. The molecule has 0 aromatic rings. The van der Waals surface area contributed by atoms with Gasteiger partial charge in [-0.05, 0) is 48.8 Å². The molecule has 0 saturated heterocycles. The molecule has 2 fully saturated rings. The molecule has 0 radical (unpaired) electrons. The Bertz CT molecular complexity index is 854. The van der Waals surface area contributed by atoms with Crippen LogP contribution in [0.1, 0.15) is 46.5 Å². The summed E-state index contributed by atoms with van der Waals surface area (Å²) in [4.78, 5) is 23.3. The first kappa shape index (κ1) is 21.2. The minimum absolute atomic E-state index is 0.0521. The van der Waals surface area contributed by atoms with Crippen molar-refractivity contribution in [1.82, 2.24) is 0 Å². The summed E-state index contributed by atoms with van der Waals surface area (Å²) in [6, 6.07) is 0. The van der Waals surface area contributed by atoms with Crippen LogP contribution < -0.4 is 0 Å². The zero-order valence-electron chi connectivity index (χ0n) is 16.9. The van der Waals surface area contributed by atoms with Crippen LogP contribution in [0.25, 0.3) is 0 Å². The van der Waals surface area contributed by atoms with Gasteiger partial charge >= 0.3 is 0 Å². The van der Waals surface area contributed by atoms with Crippen molar-refractivity contribution in [3.05, 3.63) is 23.6 Å². The van der Waals surface area contributed by atoms with E-state index in [9.17, 15) is 24.9 Å². The molecular formula is C22H28ClFO5. The molecule has 2 saturated carbocycles.